The number of halogens is 1. The van der Waals surface area contributed by atoms with Crippen molar-refractivity contribution < 1.29 is 28.6 Å². The highest BCUT2D eigenvalue weighted by Gasteiger charge is 2.22. The molecule has 1 aliphatic rings. The number of piperazine rings is 1. The number of hydrogen-bond acceptors (Lipinski definition) is 4. The van der Waals surface area contributed by atoms with Gasteiger partial charge in [-0.1, -0.05) is 24.3 Å². The summed E-state index contributed by atoms with van der Waals surface area (Å²) in [5.41, 5.74) is 1.18. The molecule has 0 saturated carbocycles. The van der Waals surface area contributed by atoms with Crippen LogP contribution in [0.3, 0.4) is 0 Å². The molecule has 158 valence electrons. The van der Waals surface area contributed by atoms with Gasteiger partial charge in [-0.25, -0.2) is 9.18 Å². The lowest BCUT2D eigenvalue weighted by atomic mass is 10.1. The van der Waals surface area contributed by atoms with Crippen molar-refractivity contribution in [3.63, 3.8) is 0 Å². The molecule has 0 aromatic heterocycles. The van der Waals surface area contributed by atoms with E-state index in [4.69, 9.17) is 14.6 Å². The summed E-state index contributed by atoms with van der Waals surface area (Å²) in [5.74, 6) is 0.419. The molecule has 3 rings (SSSR count). The van der Waals surface area contributed by atoms with Crippen molar-refractivity contribution in [1.82, 2.24) is 9.80 Å². The van der Waals surface area contributed by atoms with Gasteiger partial charge in [0.15, 0.2) is 11.5 Å². The Hall–Kier alpha value is -3.55. The van der Waals surface area contributed by atoms with Crippen LogP contribution in [-0.2, 0) is 11.4 Å². The Bertz CT molecular complexity index is 939. The zero-order valence-electron chi connectivity index (χ0n) is 16.6. The lowest BCUT2D eigenvalue weighted by Crippen LogP contribution is -2.49. The largest absolute Gasteiger partial charge is 0.493 e. The second-order valence-electron chi connectivity index (χ2n) is 6.72. The summed E-state index contributed by atoms with van der Waals surface area (Å²) in [7, 11) is 1.51. The summed E-state index contributed by atoms with van der Waals surface area (Å²) in [6.45, 7) is 1.40. The van der Waals surface area contributed by atoms with Crippen molar-refractivity contribution in [2.75, 3.05) is 33.3 Å². The summed E-state index contributed by atoms with van der Waals surface area (Å²) < 4.78 is 24.8. The minimum absolute atomic E-state index is 0.0685. The smallest absolute Gasteiger partial charge is 0.407 e. The van der Waals surface area contributed by atoms with Gasteiger partial charge < -0.3 is 24.4 Å². The average molecular weight is 414 g/mol. The van der Waals surface area contributed by atoms with E-state index < -0.39 is 6.09 Å². The maximum absolute atomic E-state index is 13.7. The fraction of sp³-hybridized carbons (Fsp3) is 0.273. The molecule has 7 nitrogen and oxygen atoms in total. The molecule has 8 heteroatoms. The molecule has 1 N–H and O–H groups in total. The number of carbonyl (C=O) groups is 2. The van der Waals surface area contributed by atoms with Gasteiger partial charge in [-0.2, -0.15) is 0 Å². The molecular weight excluding hydrogens is 391 g/mol. The van der Waals surface area contributed by atoms with Crippen molar-refractivity contribution in [2.24, 2.45) is 0 Å². The van der Waals surface area contributed by atoms with Crippen LogP contribution in [0.1, 0.15) is 11.1 Å². The third-order valence-electron chi connectivity index (χ3n) is 4.81. The Morgan fingerprint density at radius 2 is 1.77 bits per heavy atom. The van der Waals surface area contributed by atoms with Crippen LogP contribution in [0, 0.1) is 5.82 Å². The van der Waals surface area contributed by atoms with Gasteiger partial charge in [-0.15, -0.1) is 0 Å². The fourth-order valence-corrected chi connectivity index (χ4v) is 3.07. The maximum Gasteiger partial charge on any atom is 0.407 e. The predicted molar refractivity (Wildman–Crippen MR) is 109 cm³/mol. The molecule has 1 heterocycles. The maximum atomic E-state index is 13.7. The lowest BCUT2D eigenvalue weighted by Gasteiger charge is -2.32. The van der Waals surface area contributed by atoms with Crippen molar-refractivity contribution in [1.29, 1.82) is 0 Å². The standard InChI is InChI=1S/C22H23FN2O5/c1-29-20-14-16(6-8-19(20)30-15-17-4-2-3-5-18(17)23)7-9-21(26)24-10-12-25(13-11-24)22(27)28/h2-9,14H,10-13,15H2,1H3,(H,27,28)/b9-7+. The van der Waals surface area contributed by atoms with Crippen molar-refractivity contribution in [2.45, 2.75) is 6.61 Å². The van der Waals surface area contributed by atoms with Crippen LogP contribution in [0.5, 0.6) is 11.5 Å². The van der Waals surface area contributed by atoms with Crippen LogP contribution >= 0.6 is 0 Å². The van der Waals surface area contributed by atoms with Crippen LogP contribution < -0.4 is 9.47 Å². The van der Waals surface area contributed by atoms with E-state index in [0.717, 1.165) is 5.56 Å². The minimum Gasteiger partial charge on any atom is -0.493 e. The lowest BCUT2D eigenvalue weighted by molar-refractivity contribution is -0.127. The third-order valence-corrected chi connectivity index (χ3v) is 4.81. The number of nitrogens with zero attached hydrogens (tertiary/aromatic N) is 2. The predicted octanol–water partition coefficient (Wildman–Crippen LogP) is 3.25. The van der Waals surface area contributed by atoms with E-state index in [9.17, 15) is 14.0 Å². The molecule has 0 unspecified atom stereocenters. The topological polar surface area (TPSA) is 79.3 Å². The second kappa shape index (κ2) is 9.78. The van der Waals surface area contributed by atoms with Crippen molar-refractivity contribution in [3.8, 4) is 11.5 Å². The van der Waals surface area contributed by atoms with E-state index in [2.05, 4.69) is 0 Å². The number of rotatable bonds is 6. The van der Waals surface area contributed by atoms with E-state index in [-0.39, 0.29) is 18.3 Å². The normalized spacial score (nSPS) is 14.1. The molecule has 2 amide bonds. The number of ether oxygens (including phenoxy) is 2. The second-order valence-corrected chi connectivity index (χ2v) is 6.72. The van der Waals surface area contributed by atoms with Crippen LogP contribution in [0.2, 0.25) is 0 Å². The van der Waals surface area contributed by atoms with Gasteiger partial charge >= 0.3 is 6.09 Å². The van der Waals surface area contributed by atoms with Gasteiger partial charge in [0.1, 0.15) is 12.4 Å². The molecule has 0 bridgehead atoms. The van der Waals surface area contributed by atoms with E-state index in [1.54, 1.807) is 47.4 Å². The highest BCUT2D eigenvalue weighted by molar-refractivity contribution is 5.92. The Balaban J connectivity index is 1.61. The van der Waals surface area contributed by atoms with Gasteiger partial charge in [0, 0.05) is 37.8 Å². The summed E-state index contributed by atoms with van der Waals surface area (Å²) >= 11 is 0. The van der Waals surface area contributed by atoms with Gasteiger partial charge in [0.25, 0.3) is 0 Å². The Morgan fingerprint density at radius 1 is 1.07 bits per heavy atom. The van der Waals surface area contributed by atoms with Crippen LogP contribution in [0.4, 0.5) is 9.18 Å². The van der Waals surface area contributed by atoms with E-state index in [0.29, 0.717) is 43.2 Å². The quantitative estimate of drug-likeness (QED) is 0.734. The molecule has 1 saturated heterocycles. The van der Waals surface area contributed by atoms with Gasteiger partial charge in [-0.3, -0.25) is 4.79 Å². The molecule has 0 atom stereocenters. The molecule has 0 aliphatic carbocycles. The number of carboxylic acid groups (broad SMARTS) is 1. The monoisotopic (exact) mass is 414 g/mol. The van der Waals surface area contributed by atoms with Crippen molar-refractivity contribution in [3.05, 3.63) is 65.5 Å². The summed E-state index contributed by atoms with van der Waals surface area (Å²) in [5, 5.41) is 8.97. The zero-order chi connectivity index (χ0) is 21.5. The molecule has 2 aromatic carbocycles. The first-order chi connectivity index (χ1) is 14.5. The zero-order valence-corrected chi connectivity index (χ0v) is 16.6. The van der Waals surface area contributed by atoms with Gasteiger partial charge in [-0.05, 0) is 29.8 Å². The molecule has 2 aromatic rings. The number of benzene rings is 2. The molecule has 30 heavy (non-hydrogen) atoms. The number of hydrogen-bond donors (Lipinski definition) is 1. The van der Waals surface area contributed by atoms with Crippen LogP contribution in [0.25, 0.3) is 6.08 Å². The highest BCUT2D eigenvalue weighted by atomic mass is 19.1. The van der Waals surface area contributed by atoms with E-state index in [1.807, 2.05) is 0 Å². The molecule has 0 radical (unpaired) electrons. The first-order valence-electron chi connectivity index (χ1n) is 9.47. The minimum atomic E-state index is -0.970. The van der Waals surface area contributed by atoms with E-state index in [1.165, 1.54) is 24.2 Å². The summed E-state index contributed by atoms with van der Waals surface area (Å²) in [6, 6.07) is 11.6. The van der Waals surface area contributed by atoms with Crippen LogP contribution in [0.15, 0.2) is 48.5 Å². The SMILES string of the molecule is COc1cc(/C=C/C(=O)N2CCN(C(=O)O)CC2)ccc1OCc1ccccc1F. The highest BCUT2D eigenvalue weighted by Crippen LogP contribution is 2.29. The Morgan fingerprint density at radius 3 is 2.43 bits per heavy atom. The molecule has 1 aliphatic heterocycles. The van der Waals surface area contributed by atoms with Crippen molar-refractivity contribution >= 4 is 18.1 Å². The van der Waals surface area contributed by atoms with Gasteiger partial charge in [0.05, 0.1) is 7.11 Å². The first-order valence-corrected chi connectivity index (χ1v) is 9.47. The third kappa shape index (κ3) is 5.28. The molecular formula is C22H23FN2O5. The number of amides is 2. The Kier molecular flexibility index (Phi) is 6.90. The van der Waals surface area contributed by atoms with Crippen LogP contribution in [-0.4, -0.2) is 60.2 Å². The van der Waals surface area contributed by atoms with E-state index >= 15 is 0 Å². The summed E-state index contributed by atoms with van der Waals surface area (Å²) in [4.78, 5) is 26.2. The number of carbonyl (C=O) groups excluding carboxylic acids is 1. The Labute approximate surface area is 173 Å². The fourth-order valence-electron chi connectivity index (χ4n) is 3.07. The molecule has 0 spiro atoms. The average Bonchev–Trinajstić information content (AvgIpc) is 2.77. The number of methoxy groups -OCH3 is 1. The first kappa shape index (κ1) is 21.2. The summed E-state index contributed by atoms with van der Waals surface area (Å²) in [6.07, 6.45) is 2.14. The van der Waals surface area contributed by atoms with Gasteiger partial charge in [0.2, 0.25) is 5.91 Å². The molecule has 1 fully saturated rings.